The Morgan fingerprint density at radius 1 is 1.08 bits per heavy atom. The maximum Gasteiger partial charge on any atom is 0.246 e. The molecule has 0 aliphatic carbocycles. The zero-order valence-electron chi connectivity index (χ0n) is 23.4. The Labute approximate surface area is 235 Å². The van der Waals surface area contributed by atoms with E-state index in [2.05, 4.69) is 15.6 Å². The number of amides is 3. The molecule has 0 spiro atoms. The van der Waals surface area contributed by atoms with E-state index in [1.807, 2.05) is 57.5 Å². The highest BCUT2D eigenvalue weighted by Crippen LogP contribution is 2.28. The average molecular weight is 559 g/mol. The van der Waals surface area contributed by atoms with Crippen molar-refractivity contribution in [3.05, 3.63) is 41.0 Å². The second kappa shape index (κ2) is 14.5. The fourth-order valence-corrected chi connectivity index (χ4v) is 5.70. The van der Waals surface area contributed by atoms with Gasteiger partial charge in [0.25, 0.3) is 0 Å². The van der Waals surface area contributed by atoms with Gasteiger partial charge in [-0.15, -0.1) is 11.3 Å². The number of carbonyl (C=O) groups excluding carboxylic acids is 3. The molecular weight excluding hydrogens is 516 g/mol. The lowest BCUT2D eigenvalue weighted by atomic mass is 10.0. The van der Waals surface area contributed by atoms with E-state index >= 15 is 0 Å². The summed E-state index contributed by atoms with van der Waals surface area (Å²) in [6, 6.07) is 6.07. The van der Waals surface area contributed by atoms with Crippen molar-refractivity contribution in [2.75, 3.05) is 13.2 Å². The number of hydrogen-bond acceptors (Lipinski definition) is 7. The number of unbranched alkanes of at least 4 members (excludes halogenated alkanes) is 3. The molecule has 10 heteroatoms. The molecule has 2 aromatic rings. The molecule has 3 amide bonds. The maximum absolute atomic E-state index is 13.5. The van der Waals surface area contributed by atoms with Crippen molar-refractivity contribution in [3.8, 4) is 10.4 Å². The minimum atomic E-state index is -0.814. The largest absolute Gasteiger partial charge is 0.396 e. The second-order valence-electron chi connectivity index (χ2n) is 10.7. The number of aliphatic hydroxyl groups excluding tert-OH is 2. The Hall–Kier alpha value is -2.82. The molecule has 3 rings (SSSR count). The Kier molecular flexibility index (Phi) is 11.4. The molecule has 39 heavy (non-hydrogen) atoms. The number of hydrogen-bond donors (Lipinski definition) is 4. The molecule has 2 heterocycles. The number of aryl methyl sites for hydroxylation is 1. The number of nitrogens with zero attached hydrogens (tertiary/aromatic N) is 2. The Morgan fingerprint density at radius 3 is 2.38 bits per heavy atom. The van der Waals surface area contributed by atoms with E-state index in [9.17, 15) is 19.5 Å². The van der Waals surface area contributed by atoms with Crippen LogP contribution in [0.5, 0.6) is 0 Å². The van der Waals surface area contributed by atoms with Crippen LogP contribution in [0.4, 0.5) is 0 Å². The van der Waals surface area contributed by atoms with Gasteiger partial charge in [-0.25, -0.2) is 4.98 Å². The monoisotopic (exact) mass is 558 g/mol. The minimum absolute atomic E-state index is 0.0500. The van der Waals surface area contributed by atoms with Crippen molar-refractivity contribution in [2.45, 2.75) is 90.4 Å². The van der Waals surface area contributed by atoms with E-state index in [1.54, 1.807) is 11.3 Å². The molecule has 9 nitrogen and oxygen atoms in total. The number of β-amino-alcohol motifs (C(OH)–C–C–N with tert-alkyl or cyclic N) is 1. The molecule has 1 fully saturated rings. The molecule has 4 N–H and O–H groups in total. The van der Waals surface area contributed by atoms with E-state index in [-0.39, 0.29) is 49.3 Å². The molecule has 0 bridgehead atoms. The third-order valence-electron chi connectivity index (χ3n) is 7.20. The number of carbonyl (C=O) groups is 3. The predicted octanol–water partition coefficient (Wildman–Crippen LogP) is 3.34. The standard InChI is InChI=1S/C29H42N4O5S/c1-18(2)26(32-25(36)9-7-5-6-8-14-34)29(38)33-16-23(35)15-24(33)28(37)31-19(3)21-10-12-22(13-11-21)27-20(4)30-17-39-27/h10-13,17-19,23-24,26,34-35H,5-9,14-16H2,1-4H3,(H,31,37)(H,32,36)/t19-,23+,24-,26-/m0/s1. The fraction of sp³-hybridized carbons (Fsp3) is 0.586. The highest BCUT2D eigenvalue weighted by molar-refractivity contribution is 7.13. The lowest BCUT2D eigenvalue weighted by molar-refractivity contribution is -0.142. The van der Waals surface area contributed by atoms with Gasteiger partial charge >= 0.3 is 0 Å². The molecule has 0 radical (unpaired) electrons. The number of nitrogens with one attached hydrogen (secondary N) is 2. The van der Waals surface area contributed by atoms with Crippen LogP contribution in [0.1, 0.15) is 76.6 Å². The van der Waals surface area contributed by atoms with Gasteiger partial charge in [0, 0.05) is 26.0 Å². The molecule has 1 aliphatic rings. The number of likely N-dealkylation sites (tertiary alicyclic amines) is 1. The van der Waals surface area contributed by atoms with Gasteiger partial charge in [0.05, 0.1) is 28.2 Å². The second-order valence-corrected chi connectivity index (χ2v) is 11.5. The predicted molar refractivity (Wildman–Crippen MR) is 152 cm³/mol. The average Bonchev–Trinajstić information content (AvgIpc) is 3.52. The highest BCUT2D eigenvalue weighted by atomic mass is 32.1. The molecule has 1 saturated heterocycles. The van der Waals surface area contributed by atoms with Gasteiger partial charge in [-0.2, -0.15) is 0 Å². The van der Waals surface area contributed by atoms with Crippen molar-refractivity contribution in [2.24, 2.45) is 5.92 Å². The topological polar surface area (TPSA) is 132 Å². The molecule has 0 saturated carbocycles. The van der Waals surface area contributed by atoms with Crippen LogP contribution in [0.3, 0.4) is 0 Å². The van der Waals surface area contributed by atoms with Crippen LogP contribution >= 0.6 is 11.3 Å². The normalized spacial score (nSPS) is 18.7. The lowest BCUT2D eigenvalue weighted by Crippen LogP contribution is -2.55. The van der Waals surface area contributed by atoms with Crippen LogP contribution in [0.25, 0.3) is 10.4 Å². The molecule has 1 aliphatic heterocycles. The number of thiazole rings is 1. The van der Waals surface area contributed by atoms with Crippen LogP contribution < -0.4 is 10.6 Å². The van der Waals surface area contributed by atoms with Gasteiger partial charge in [0.2, 0.25) is 17.7 Å². The number of aromatic nitrogens is 1. The first-order valence-corrected chi connectivity index (χ1v) is 14.7. The SMILES string of the molecule is Cc1ncsc1-c1ccc([C@H](C)NC(=O)[C@@H]2C[C@@H](O)CN2C(=O)[C@@H](NC(=O)CCCCCCO)C(C)C)cc1. The third-order valence-corrected chi connectivity index (χ3v) is 8.18. The van der Waals surface area contributed by atoms with Gasteiger partial charge in [0.15, 0.2) is 0 Å². The molecule has 1 aromatic carbocycles. The van der Waals surface area contributed by atoms with Crippen molar-refractivity contribution in [3.63, 3.8) is 0 Å². The first-order valence-electron chi connectivity index (χ1n) is 13.8. The highest BCUT2D eigenvalue weighted by Gasteiger charge is 2.42. The molecule has 4 atom stereocenters. The van der Waals surface area contributed by atoms with Gasteiger partial charge < -0.3 is 25.7 Å². The van der Waals surface area contributed by atoms with Crippen molar-refractivity contribution in [1.29, 1.82) is 0 Å². The summed E-state index contributed by atoms with van der Waals surface area (Å²) in [6.45, 7) is 7.76. The smallest absolute Gasteiger partial charge is 0.246 e. The summed E-state index contributed by atoms with van der Waals surface area (Å²) in [5.74, 6) is -1.07. The Morgan fingerprint density at radius 2 is 1.77 bits per heavy atom. The van der Waals surface area contributed by atoms with Crippen LogP contribution in [-0.4, -0.2) is 69.2 Å². The van der Waals surface area contributed by atoms with E-state index in [0.717, 1.165) is 34.5 Å². The summed E-state index contributed by atoms with van der Waals surface area (Å²) in [7, 11) is 0. The van der Waals surface area contributed by atoms with E-state index in [1.165, 1.54) is 4.90 Å². The number of benzene rings is 1. The minimum Gasteiger partial charge on any atom is -0.396 e. The van der Waals surface area contributed by atoms with Crippen LogP contribution in [0, 0.1) is 12.8 Å². The molecule has 214 valence electrons. The zero-order valence-corrected chi connectivity index (χ0v) is 24.2. The lowest BCUT2D eigenvalue weighted by Gasteiger charge is -2.31. The van der Waals surface area contributed by atoms with Crippen LogP contribution in [0.15, 0.2) is 29.8 Å². The quantitative estimate of drug-likeness (QED) is 0.279. The summed E-state index contributed by atoms with van der Waals surface area (Å²) in [6.07, 6.45) is 2.72. The summed E-state index contributed by atoms with van der Waals surface area (Å²) >= 11 is 1.59. The molecule has 1 aromatic heterocycles. The van der Waals surface area contributed by atoms with E-state index in [4.69, 9.17) is 5.11 Å². The summed E-state index contributed by atoms with van der Waals surface area (Å²) in [4.78, 5) is 46.2. The zero-order chi connectivity index (χ0) is 28.5. The van der Waals surface area contributed by atoms with Crippen molar-refractivity contribution < 1.29 is 24.6 Å². The van der Waals surface area contributed by atoms with Gasteiger partial charge in [-0.05, 0) is 43.7 Å². The van der Waals surface area contributed by atoms with E-state index < -0.39 is 18.2 Å². The summed E-state index contributed by atoms with van der Waals surface area (Å²) in [5.41, 5.74) is 4.80. The molecular formula is C29H42N4O5S. The Balaban J connectivity index is 1.62. The van der Waals surface area contributed by atoms with Gasteiger partial charge in [0.1, 0.15) is 12.1 Å². The number of aliphatic hydroxyl groups is 2. The van der Waals surface area contributed by atoms with Gasteiger partial charge in [-0.1, -0.05) is 51.0 Å². The maximum atomic E-state index is 13.5. The Bertz CT molecular complexity index is 1100. The van der Waals surface area contributed by atoms with E-state index in [0.29, 0.717) is 19.3 Å². The van der Waals surface area contributed by atoms with Crippen LogP contribution in [-0.2, 0) is 14.4 Å². The summed E-state index contributed by atoms with van der Waals surface area (Å²) in [5, 5.41) is 25.1. The van der Waals surface area contributed by atoms with Crippen LogP contribution in [0.2, 0.25) is 0 Å². The molecule has 0 unspecified atom stereocenters. The first-order chi connectivity index (χ1) is 18.6. The summed E-state index contributed by atoms with van der Waals surface area (Å²) < 4.78 is 0. The number of rotatable bonds is 13. The first kappa shape index (κ1) is 30.7. The third kappa shape index (κ3) is 8.33. The van der Waals surface area contributed by atoms with Crippen molar-refractivity contribution in [1.82, 2.24) is 20.5 Å². The fourth-order valence-electron chi connectivity index (χ4n) is 4.89. The van der Waals surface area contributed by atoms with Crippen molar-refractivity contribution >= 4 is 29.1 Å². The van der Waals surface area contributed by atoms with Gasteiger partial charge in [-0.3, -0.25) is 14.4 Å².